The number of rotatable bonds is 7. The van der Waals surface area contributed by atoms with E-state index in [1.165, 1.54) is 36.8 Å². The van der Waals surface area contributed by atoms with Gasteiger partial charge in [-0.05, 0) is 53.8 Å². The van der Waals surface area contributed by atoms with Crippen LogP contribution >= 0.6 is 0 Å². The van der Waals surface area contributed by atoms with Gasteiger partial charge in [0.05, 0.1) is 18.9 Å². The van der Waals surface area contributed by atoms with Crippen LogP contribution in [0.15, 0.2) is 53.6 Å². The number of unbranched alkanes of at least 4 members (excludes halogenated alkanes) is 2. The van der Waals surface area contributed by atoms with Crippen LogP contribution in [0.5, 0.6) is 5.75 Å². The van der Waals surface area contributed by atoms with E-state index < -0.39 is 0 Å². The first-order chi connectivity index (χ1) is 11.8. The Kier molecular flexibility index (Phi) is 5.52. The third-order valence-corrected chi connectivity index (χ3v) is 4.63. The largest absolute Gasteiger partial charge is 0.497 e. The molecule has 0 fully saturated rings. The fourth-order valence-electron chi connectivity index (χ4n) is 3.09. The van der Waals surface area contributed by atoms with Gasteiger partial charge in [-0.25, -0.2) is 0 Å². The molecule has 0 bridgehead atoms. The molecule has 126 valence electrons. The number of hydrogen-bond acceptors (Lipinski definition) is 3. The first-order valence-electron chi connectivity index (χ1n) is 8.85. The molecule has 2 aromatic carbocycles. The standard InChI is InChI=1S/C21H26N2O/c1-3-4-5-6-16-7-9-17(10-8-16)20-15-21(23-22-20)18-11-13-19(24-2)14-12-18/h7-14,20,22H,3-6,15H2,1-2H3. The van der Waals surface area contributed by atoms with Crippen LogP contribution in [0, 0.1) is 0 Å². The molecular formula is C21H26N2O. The highest BCUT2D eigenvalue weighted by Crippen LogP contribution is 2.25. The summed E-state index contributed by atoms with van der Waals surface area (Å²) in [7, 11) is 1.69. The van der Waals surface area contributed by atoms with Crippen LogP contribution in [0.4, 0.5) is 0 Å². The Bertz CT molecular complexity index is 674. The van der Waals surface area contributed by atoms with E-state index in [1.54, 1.807) is 7.11 Å². The predicted octanol–water partition coefficient (Wildman–Crippen LogP) is 4.87. The smallest absolute Gasteiger partial charge is 0.118 e. The number of methoxy groups -OCH3 is 1. The molecule has 0 saturated heterocycles. The van der Waals surface area contributed by atoms with Gasteiger partial charge in [-0.2, -0.15) is 5.10 Å². The Morgan fingerprint density at radius 2 is 1.79 bits per heavy atom. The molecule has 1 atom stereocenters. The molecule has 1 aliphatic heterocycles. The maximum absolute atomic E-state index is 5.21. The van der Waals surface area contributed by atoms with E-state index in [-0.39, 0.29) is 6.04 Å². The second-order valence-electron chi connectivity index (χ2n) is 6.37. The lowest BCUT2D eigenvalue weighted by Crippen LogP contribution is -2.09. The highest BCUT2D eigenvalue weighted by molar-refractivity contribution is 6.01. The molecular weight excluding hydrogens is 296 g/mol. The molecule has 0 spiro atoms. The van der Waals surface area contributed by atoms with Crippen LogP contribution in [0.3, 0.4) is 0 Å². The monoisotopic (exact) mass is 322 g/mol. The topological polar surface area (TPSA) is 33.6 Å². The molecule has 0 aliphatic carbocycles. The molecule has 0 amide bonds. The van der Waals surface area contributed by atoms with Crippen molar-refractivity contribution in [2.24, 2.45) is 5.10 Å². The molecule has 2 aromatic rings. The molecule has 0 aromatic heterocycles. The minimum absolute atomic E-state index is 0.270. The fourth-order valence-corrected chi connectivity index (χ4v) is 3.09. The molecule has 1 heterocycles. The Labute approximate surface area is 144 Å². The highest BCUT2D eigenvalue weighted by atomic mass is 16.5. The number of benzene rings is 2. The lowest BCUT2D eigenvalue weighted by Gasteiger charge is -2.11. The van der Waals surface area contributed by atoms with Crippen LogP contribution in [-0.4, -0.2) is 12.8 Å². The summed E-state index contributed by atoms with van der Waals surface area (Å²) < 4.78 is 5.21. The molecule has 1 unspecified atom stereocenters. The highest BCUT2D eigenvalue weighted by Gasteiger charge is 2.21. The summed E-state index contributed by atoms with van der Waals surface area (Å²) >= 11 is 0. The van der Waals surface area contributed by atoms with E-state index in [4.69, 9.17) is 4.74 Å². The molecule has 1 aliphatic rings. The van der Waals surface area contributed by atoms with Gasteiger partial charge in [0.2, 0.25) is 0 Å². The van der Waals surface area contributed by atoms with Crippen LogP contribution in [0.25, 0.3) is 0 Å². The Hall–Kier alpha value is -2.29. The Balaban J connectivity index is 1.59. The van der Waals surface area contributed by atoms with Gasteiger partial charge in [0, 0.05) is 6.42 Å². The number of hydrazone groups is 1. The Morgan fingerprint density at radius 3 is 2.46 bits per heavy atom. The number of nitrogens with one attached hydrogen (secondary N) is 1. The lowest BCUT2D eigenvalue weighted by atomic mass is 9.97. The van der Waals surface area contributed by atoms with E-state index in [9.17, 15) is 0 Å². The quantitative estimate of drug-likeness (QED) is 0.738. The van der Waals surface area contributed by atoms with Gasteiger partial charge < -0.3 is 10.2 Å². The maximum atomic E-state index is 5.21. The van der Waals surface area contributed by atoms with Crippen molar-refractivity contribution in [2.45, 2.75) is 45.1 Å². The van der Waals surface area contributed by atoms with Gasteiger partial charge in [0.25, 0.3) is 0 Å². The molecule has 0 radical (unpaired) electrons. The van der Waals surface area contributed by atoms with Crippen molar-refractivity contribution in [3.63, 3.8) is 0 Å². The van der Waals surface area contributed by atoms with Crippen molar-refractivity contribution in [1.29, 1.82) is 0 Å². The minimum atomic E-state index is 0.270. The van der Waals surface area contributed by atoms with Gasteiger partial charge >= 0.3 is 0 Å². The third-order valence-electron chi connectivity index (χ3n) is 4.63. The molecule has 3 nitrogen and oxygen atoms in total. The van der Waals surface area contributed by atoms with Gasteiger partial charge in [0.15, 0.2) is 0 Å². The van der Waals surface area contributed by atoms with Crippen LogP contribution in [0.1, 0.15) is 55.3 Å². The van der Waals surface area contributed by atoms with E-state index in [0.717, 1.165) is 23.4 Å². The van der Waals surface area contributed by atoms with E-state index in [2.05, 4.69) is 53.8 Å². The summed E-state index contributed by atoms with van der Waals surface area (Å²) in [5, 5.41) is 4.53. The van der Waals surface area contributed by atoms with Crippen molar-refractivity contribution in [1.82, 2.24) is 5.43 Å². The summed E-state index contributed by atoms with van der Waals surface area (Å²) in [5.41, 5.74) is 8.28. The van der Waals surface area contributed by atoms with Gasteiger partial charge in [-0.1, -0.05) is 44.0 Å². The summed E-state index contributed by atoms with van der Waals surface area (Å²) in [6, 6.07) is 17.4. The molecule has 0 saturated carbocycles. The zero-order valence-electron chi connectivity index (χ0n) is 14.6. The van der Waals surface area contributed by atoms with Crippen LogP contribution in [0.2, 0.25) is 0 Å². The Morgan fingerprint density at radius 1 is 1.04 bits per heavy atom. The molecule has 1 N–H and O–H groups in total. The lowest BCUT2D eigenvalue weighted by molar-refractivity contribution is 0.415. The zero-order valence-corrected chi connectivity index (χ0v) is 14.6. The molecule has 3 rings (SSSR count). The van der Waals surface area contributed by atoms with Crippen molar-refractivity contribution < 1.29 is 4.74 Å². The molecule has 24 heavy (non-hydrogen) atoms. The minimum Gasteiger partial charge on any atom is -0.497 e. The van der Waals surface area contributed by atoms with E-state index in [1.807, 2.05) is 12.1 Å². The van der Waals surface area contributed by atoms with Crippen LogP contribution in [-0.2, 0) is 6.42 Å². The van der Waals surface area contributed by atoms with Crippen molar-refractivity contribution in [3.05, 3.63) is 65.2 Å². The van der Waals surface area contributed by atoms with E-state index in [0.29, 0.717) is 0 Å². The normalized spacial score (nSPS) is 16.6. The van der Waals surface area contributed by atoms with Crippen molar-refractivity contribution in [3.8, 4) is 5.75 Å². The first-order valence-corrected chi connectivity index (χ1v) is 8.85. The summed E-state index contributed by atoms with van der Waals surface area (Å²) in [5.74, 6) is 0.875. The van der Waals surface area contributed by atoms with Crippen molar-refractivity contribution in [2.75, 3.05) is 7.11 Å². The third kappa shape index (κ3) is 3.97. The van der Waals surface area contributed by atoms with Crippen LogP contribution < -0.4 is 10.2 Å². The van der Waals surface area contributed by atoms with Crippen molar-refractivity contribution >= 4 is 5.71 Å². The fraction of sp³-hybridized carbons (Fsp3) is 0.381. The summed E-state index contributed by atoms with van der Waals surface area (Å²) in [6.45, 7) is 2.25. The molecule has 3 heteroatoms. The maximum Gasteiger partial charge on any atom is 0.118 e. The van der Waals surface area contributed by atoms with Gasteiger partial charge in [0.1, 0.15) is 5.75 Å². The van der Waals surface area contributed by atoms with Gasteiger partial charge in [-0.3, -0.25) is 0 Å². The first kappa shape index (κ1) is 16.6. The number of aryl methyl sites for hydroxylation is 1. The number of nitrogens with zero attached hydrogens (tertiary/aromatic N) is 1. The average molecular weight is 322 g/mol. The summed E-state index contributed by atoms with van der Waals surface area (Å²) in [6.07, 6.45) is 5.96. The second kappa shape index (κ2) is 8.00. The van der Waals surface area contributed by atoms with Gasteiger partial charge in [-0.15, -0.1) is 0 Å². The number of hydrogen-bond donors (Lipinski definition) is 1. The average Bonchev–Trinajstić information content (AvgIpc) is 3.13. The predicted molar refractivity (Wildman–Crippen MR) is 99.7 cm³/mol. The summed E-state index contributed by atoms with van der Waals surface area (Å²) in [4.78, 5) is 0. The van der Waals surface area contributed by atoms with E-state index >= 15 is 0 Å². The zero-order chi connectivity index (χ0) is 16.8. The SMILES string of the molecule is CCCCCc1ccc(C2CC(c3ccc(OC)cc3)=NN2)cc1. The second-order valence-corrected chi connectivity index (χ2v) is 6.37. The number of ether oxygens (including phenoxy) is 1.